The van der Waals surface area contributed by atoms with E-state index in [1.165, 1.54) is 4.31 Å². The highest BCUT2D eigenvalue weighted by molar-refractivity contribution is 7.89. The number of carbonyl (C=O) groups excluding carboxylic acids is 1. The van der Waals surface area contributed by atoms with Gasteiger partial charge in [0.05, 0.1) is 4.90 Å². The number of nitrogens with two attached hydrogens (primary N) is 1. The predicted molar refractivity (Wildman–Crippen MR) is 96.7 cm³/mol. The van der Waals surface area contributed by atoms with Crippen molar-refractivity contribution >= 4 is 28.3 Å². The SMILES string of the molecule is Cl.NCCCNC(=O)CCc1ccc(S(=O)(=O)N2CCCC2)cc1. The highest BCUT2D eigenvalue weighted by Gasteiger charge is 2.26. The molecule has 0 atom stereocenters. The summed E-state index contributed by atoms with van der Waals surface area (Å²) in [6, 6.07) is 6.84. The largest absolute Gasteiger partial charge is 0.356 e. The molecule has 0 spiro atoms. The first-order valence-corrected chi connectivity index (χ1v) is 9.54. The molecule has 0 radical (unpaired) electrons. The Labute approximate surface area is 150 Å². The number of sulfonamides is 1. The third-order valence-corrected chi connectivity index (χ3v) is 5.88. The van der Waals surface area contributed by atoms with Crippen molar-refractivity contribution in [2.75, 3.05) is 26.2 Å². The van der Waals surface area contributed by atoms with Crippen LogP contribution in [0.4, 0.5) is 0 Å². The maximum absolute atomic E-state index is 12.4. The number of hydrogen-bond donors (Lipinski definition) is 2. The maximum atomic E-state index is 12.4. The first kappa shape index (κ1) is 20.9. The Morgan fingerprint density at radius 3 is 2.38 bits per heavy atom. The van der Waals surface area contributed by atoms with Crippen LogP contribution in [0.15, 0.2) is 29.2 Å². The number of hydrogen-bond acceptors (Lipinski definition) is 4. The van der Waals surface area contributed by atoms with E-state index in [1.807, 2.05) is 0 Å². The number of nitrogens with one attached hydrogen (secondary N) is 1. The van der Waals surface area contributed by atoms with Crippen molar-refractivity contribution < 1.29 is 13.2 Å². The number of carbonyl (C=O) groups is 1. The zero-order valence-electron chi connectivity index (χ0n) is 13.7. The lowest BCUT2D eigenvalue weighted by atomic mass is 10.1. The van der Waals surface area contributed by atoms with E-state index in [0.717, 1.165) is 24.8 Å². The number of aryl methyl sites for hydroxylation is 1. The Kier molecular flexibility index (Phi) is 8.69. The molecule has 1 aromatic carbocycles. The van der Waals surface area contributed by atoms with E-state index in [4.69, 9.17) is 5.73 Å². The molecule has 1 fully saturated rings. The van der Waals surface area contributed by atoms with Crippen molar-refractivity contribution in [1.29, 1.82) is 0 Å². The van der Waals surface area contributed by atoms with Gasteiger partial charge in [-0.2, -0.15) is 4.31 Å². The summed E-state index contributed by atoms with van der Waals surface area (Å²) in [5, 5.41) is 2.81. The first-order chi connectivity index (χ1) is 11.0. The normalized spacial score (nSPS) is 15.0. The van der Waals surface area contributed by atoms with Crippen molar-refractivity contribution in [3.05, 3.63) is 29.8 Å². The number of halogens is 1. The molecule has 1 aliphatic rings. The summed E-state index contributed by atoms with van der Waals surface area (Å²) in [4.78, 5) is 12.0. The van der Waals surface area contributed by atoms with Crippen molar-refractivity contribution in [3.63, 3.8) is 0 Å². The van der Waals surface area contributed by atoms with Gasteiger partial charge in [0.15, 0.2) is 0 Å². The van der Waals surface area contributed by atoms with E-state index >= 15 is 0 Å². The summed E-state index contributed by atoms with van der Waals surface area (Å²) < 4.78 is 26.4. The molecule has 0 unspecified atom stereocenters. The van der Waals surface area contributed by atoms with Crippen LogP contribution in [0.25, 0.3) is 0 Å². The smallest absolute Gasteiger partial charge is 0.243 e. The van der Waals surface area contributed by atoms with Crippen molar-refractivity contribution in [2.24, 2.45) is 5.73 Å². The van der Waals surface area contributed by atoms with Gasteiger partial charge in [0, 0.05) is 26.1 Å². The van der Waals surface area contributed by atoms with Gasteiger partial charge in [0.2, 0.25) is 15.9 Å². The molecule has 24 heavy (non-hydrogen) atoms. The summed E-state index contributed by atoms with van der Waals surface area (Å²) in [7, 11) is -3.36. The molecular weight excluding hydrogens is 350 g/mol. The Morgan fingerprint density at radius 2 is 1.79 bits per heavy atom. The monoisotopic (exact) mass is 375 g/mol. The molecule has 2 rings (SSSR count). The molecule has 0 aromatic heterocycles. The van der Waals surface area contributed by atoms with Crippen LogP contribution in [0.1, 0.15) is 31.2 Å². The molecule has 8 heteroatoms. The van der Waals surface area contributed by atoms with E-state index in [0.29, 0.717) is 43.9 Å². The minimum Gasteiger partial charge on any atom is -0.356 e. The second kappa shape index (κ2) is 9.98. The summed E-state index contributed by atoms with van der Waals surface area (Å²) in [6.45, 7) is 2.37. The van der Waals surface area contributed by atoms with Gasteiger partial charge in [-0.3, -0.25) is 4.79 Å². The van der Waals surface area contributed by atoms with E-state index in [9.17, 15) is 13.2 Å². The lowest BCUT2D eigenvalue weighted by Crippen LogP contribution is -2.27. The van der Waals surface area contributed by atoms with Gasteiger partial charge in [-0.15, -0.1) is 12.4 Å². The fraction of sp³-hybridized carbons (Fsp3) is 0.562. The number of benzene rings is 1. The zero-order valence-corrected chi connectivity index (χ0v) is 15.4. The summed E-state index contributed by atoms with van der Waals surface area (Å²) in [5.74, 6) is -0.00721. The third-order valence-electron chi connectivity index (χ3n) is 3.97. The minimum atomic E-state index is -3.36. The molecule has 1 aliphatic heterocycles. The van der Waals surface area contributed by atoms with E-state index in [2.05, 4.69) is 5.32 Å². The Balaban J connectivity index is 0.00000288. The quantitative estimate of drug-likeness (QED) is 0.669. The number of nitrogens with zero attached hydrogens (tertiary/aromatic N) is 1. The second-order valence-corrected chi connectivity index (χ2v) is 7.69. The van der Waals surface area contributed by atoms with Crippen LogP contribution in [0.3, 0.4) is 0 Å². The van der Waals surface area contributed by atoms with Gasteiger partial charge in [0.25, 0.3) is 0 Å². The fourth-order valence-corrected chi connectivity index (χ4v) is 4.10. The molecule has 0 bridgehead atoms. The highest BCUT2D eigenvalue weighted by Crippen LogP contribution is 2.21. The maximum Gasteiger partial charge on any atom is 0.243 e. The molecule has 1 aromatic rings. The molecule has 136 valence electrons. The number of amides is 1. The van der Waals surface area contributed by atoms with Crippen molar-refractivity contribution in [2.45, 2.75) is 37.0 Å². The third kappa shape index (κ3) is 5.73. The average Bonchev–Trinajstić information content (AvgIpc) is 3.09. The van der Waals surface area contributed by atoms with Crippen LogP contribution < -0.4 is 11.1 Å². The van der Waals surface area contributed by atoms with Crippen LogP contribution in [0.2, 0.25) is 0 Å². The van der Waals surface area contributed by atoms with Crippen molar-refractivity contribution in [1.82, 2.24) is 9.62 Å². The average molecular weight is 376 g/mol. The molecular formula is C16H26ClN3O3S. The minimum absolute atomic E-state index is 0. The van der Waals surface area contributed by atoms with Crippen LogP contribution >= 0.6 is 12.4 Å². The van der Waals surface area contributed by atoms with E-state index in [1.54, 1.807) is 24.3 Å². The molecule has 6 nitrogen and oxygen atoms in total. The van der Waals surface area contributed by atoms with E-state index in [-0.39, 0.29) is 18.3 Å². The van der Waals surface area contributed by atoms with Crippen molar-refractivity contribution in [3.8, 4) is 0 Å². The van der Waals surface area contributed by atoms with Crippen LogP contribution in [-0.2, 0) is 21.2 Å². The molecule has 0 saturated carbocycles. The van der Waals surface area contributed by atoms with Gasteiger partial charge < -0.3 is 11.1 Å². The highest BCUT2D eigenvalue weighted by atomic mass is 35.5. The Morgan fingerprint density at radius 1 is 1.17 bits per heavy atom. The van der Waals surface area contributed by atoms with Gasteiger partial charge in [-0.1, -0.05) is 12.1 Å². The van der Waals surface area contributed by atoms with Gasteiger partial charge in [-0.25, -0.2) is 8.42 Å². The molecule has 0 aliphatic carbocycles. The molecule has 1 saturated heterocycles. The van der Waals surface area contributed by atoms with E-state index < -0.39 is 10.0 Å². The molecule has 1 heterocycles. The van der Waals surface area contributed by atoms with Crippen LogP contribution in [0, 0.1) is 0 Å². The number of rotatable bonds is 8. The summed E-state index contributed by atoms with van der Waals surface area (Å²) >= 11 is 0. The first-order valence-electron chi connectivity index (χ1n) is 8.10. The zero-order chi connectivity index (χ0) is 16.7. The van der Waals surface area contributed by atoms with Gasteiger partial charge in [0.1, 0.15) is 0 Å². The van der Waals surface area contributed by atoms with Crippen LogP contribution in [0.5, 0.6) is 0 Å². The van der Waals surface area contributed by atoms with Crippen LogP contribution in [-0.4, -0.2) is 44.8 Å². The standard InChI is InChI=1S/C16H25N3O3S.ClH/c17-10-3-11-18-16(20)9-6-14-4-7-15(8-5-14)23(21,22)19-12-1-2-13-19;/h4-5,7-8H,1-3,6,9-13,17H2,(H,18,20);1H. The summed E-state index contributed by atoms with van der Waals surface area (Å²) in [6.07, 6.45) is 3.61. The topological polar surface area (TPSA) is 92.5 Å². The fourth-order valence-electron chi connectivity index (χ4n) is 2.58. The molecule has 3 N–H and O–H groups in total. The Hall–Kier alpha value is -1.15. The summed E-state index contributed by atoms with van der Waals surface area (Å²) in [5.41, 5.74) is 6.33. The lowest BCUT2D eigenvalue weighted by molar-refractivity contribution is -0.121. The van der Waals surface area contributed by atoms with Gasteiger partial charge >= 0.3 is 0 Å². The van der Waals surface area contributed by atoms with Gasteiger partial charge in [-0.05, 0) is 49.9 Å². The Bertz CT molecular complexity index is 614. The molecule has 1 amide bonds. The second-order valence-electron chi connectivity index (χ2n) is 5.75. The predicted octanol–water partition coefficient (Wildman–Crippen LogP) is 1.29. The lowest BCUT2D eigenvalue weighted by Gasteiger charge is -2.15.